The minimum atomic E-state index is -0.490. The highest BCUT2D eigenvalue weighted by Crippen LogP contribution is 2.06. The van der Waals surface area contributed by atoms with Crippen molar-refractivity contribution in [3.8, 4) is 0 Å². The molecule has 2 amide bonds. The van der Waals surface area contributed by atoms with Gasteiger partial charge in [-0.2, -0.15) is 5.10 Å². The molecule has 128 valence electrons. The highest BCUT2D eigenvalue weighted by Gasteiger charge is 2.22. The van der Waals surface area contributed by atoms with Crippen molar-refractivity contribution in [3.05, 3.63) is 22.9 Å². The van der Waals surface area contributed by atoms with Crippen LogP contribution in [0.15, 0.2) is 17.3 Å². The highest BCUT2D eigenvalue weighted by molar-refractivity contribution is 5.87. The number of hydrogen-bond acceptors (Lipinski definition) is 5. The molecule has 0 spiro atoms. The van der Waals surface area contributed by atoms with Crippen molar-refractivity contribution < 1.29 is 9.59 Å². The fourth-order valence-corrected chi connectivity index (χ4v) is 2.79. The van der Waals surface area contributed by atoms with Crippen molar-refractivity contribution in [2.75, 3.05) is 6.54 Å². The number of hydrogen-bond donors (Lipinski definition) is 2. The summed E-state index contributed by atoms with van der Waals surface area (Å²) in [6.45, 7) is 0.855. The van der Waals surface area contributed by atoms with Gasteiger partial charge in [0.15, 0.2) is 5.65 Å². The Bertz CT molecular complexity index is 824. The second kappa shape index (κ2) is 6.81. The van der Waals surface area contributed by atoms with E-state index in [2.05, 4.69) is 20.7 Å². The molecule has 9 heteroatoms. The lowest BCUT2D eigenvalue weighted by molar-refractivity contribution is -0.128. The summed E-state index contributed by atoms with van der Waals surface area (Å²) in [5, 5.41) is 9.94. The van der Waals surface area contributed by atoms with Gasteiger partial charge < -0.3 is 10.6 Å². The molecule has 0 unspecified atom stereocenters. The molecule has 2 aromatic rings. The molecule has 1 fully saturated rings. The summed E-state index contributed by atoms with van der Waals surface area (Å²) in [6.07, 6.45) is 5.45. The van der Waals surface area contributed by atoms with Gasteiger partial charge in [-0.25, -0.2) is 4.98 Å². The average Bonchev–Trinajstić information content (AvgIpc) is 2.82. The second-order valence-corrected chi connectivity index (χ2v) is 5.91. The first-order chi connectivity index (χ1) is 11.6. The normalized spacial score (nSPS) is 18.2. The predicted octanol–water partition coefficient (Wildman–Crippen LogP) is -0.695. The topological polar surface area (TPSA) is 111 Å². The number of aryl methyl sites for hydroxylation is 2. The zero-order chi connectivity index (χ0) is 17.1. The van der Waals surface area contributed by atoms with Gasteiger partial charge in [-0.05, 0) is 19.3 Å². The van der Waals surface area contributed by atoms with E-state index in [1.807, 2.05) is 0 Å². The van der Waals surface area contributed by atoms with E-state index >= 15 is 0 Å². The van der Waals surface area contributed by atoms with Gasteiger partial charge in [-0.3, -0.25) is 23.6 Å². The Kier molecular flexibility index (Phi) is 4.59. The first-order valence-corrected chi connectivity index (χ1v) is 8.00. The largest absolute Gasteiger partial charge is 0.354 e. The molecule has 0 aromatic carbocycles. The fourth-order valence-electron chi connectivity index (χ4n) is 2.79. The van der Waals surface area contributed by atoms with Crippen LogP contribution in [0, 0.1) is 0 Å². The van der Waals surface area contributed by atoms with Gasteiger partial charge in [0.2, 0.25) is 11.8 Å². The molecular weight excluding hydrogens is 312 g/mol. The second-order valence-electron chi connectivity index (χ2n) is 5.91. The lowest BCUT2D eigenvalue weighted by Gasteiger charge is -2.15. The summed E-state index contributed by atoms with van der Waals surface area (Å²) in [5.74, 6) is -0.397. The molecule has 3 rings (SSSR count). The SMILES string of the molecule is Cn1ncc2c(=O)n(CCC(=O)N[C@H]3CCCCNC3=O)cnc21. The molecular formula is C15H20N6O3. The van der Waals surface area contributed by atoms with Crippen LogP contribution in [-0.4, -0.2) is 43.7 Å². The number of rotatable bonds is 4. The third-order valence-corrected chi connectivity index (χ3v) is 4.17. The molecule has 0 radical (unpaired) electrons. The molecule has 0 saturated carbocycles. The van der Waals surface area contributed by atoms with Crippen LogP contribution in [0.5, 0.6) is 0 Å². The Morgan fingerprint density at radius 3 is 3.08 bits per heavy atom. The van der Waals surface area contributed by atoms with Gasteiger partial charge >= 0.3 is 0 Å². The Morgan fingerprint density at radius 2 is 2.25 bits per heavy atom. The van der Waals surface area contributed by atoms with Gasteiger partial charge in [0, 0.05) is 26.6 Å². The molecule has 24 heavy (non-hydrogen) atoms. The Morgan fingerprint density at radius 1 is 1.42 bits per heavy atom. The van der Waals surface area contributed by atoms with E-state index in [0.717, 1.165) is 12.8 Å². The van der Waals surface area contributed by atoms with Crippen LogP contribution in [0.2, 0.25) is 0 Å². The number of nitrogens with zero attached hydrogens (tertiary/aromatic N) is 4. The van der Waals surface area contributed by atoms with Gasteiger partial charge in [-0.15, -0.1) is 0 Å². The van der Waals surface area contributed by atoms with Gasteiger partial charge in [0.05, 0.1) is 12.5 Å². The molecule has 9 nitrogen and oxygen atoms in total. The number of nitrogens with one attached hydrogen (secondary N) is 2. The molecule has 1 atom stereocenters. The summed E-state index contributed by atoms with van der Waals surface area (Å²) in [6, 6.07) is -0.490. The molecule has 2 N–H and O–H groups in total. The monoisotopic (exact) mass is 332 g/mol. The van der Waals surface area contributed by atoms with Crippen molar-refractivity contribution in [2.45, 2.75) is 38.3 Å². The summed E-state index contributed by atoms with van der Waals surface area (Å²) in [4.78, 5) is 40.4. The van der Waals surface area contributed by atoms with Gasteiger partial charge in [0.1, 0.15) is 11.4 Å². The first kappa shape index (κ1) is 16.2. The third-order valence-electron chi connectivity index (χ3n) is 4.17. The molecule has 1 saturated heterocycles. The van der Waals surface area contributed by atoms with Crippen molar-refractivity contribution in [1.82, 2.24) is 30.0 Å². The van der Waals surface area contributed by atoms with E-state index in [0.29, 0.717) is 24.0 Å². The number of aromatic nitrogens is 4. The summed E-state index contributed by atoms with van der Waals surface area (Å²) < 4.78 is 2.91. The minimum absolute atomic E-state index is 0.108. The molecule has 1 aliphatic rings. The smallest absolute Gasteiger partial charge is 0.264 e. The van der Waals surface area contributed by atoms with Crippen LogP contribution in [0.3, 0.4) is 0 Å². The number of amides is 2. The van der Waals surface area contributed by atoms with Crippen molar-refractivity contribution >= 4 is 22.8 Å². The Balaban J connectivity index is 1.63. The standard InChI is InChI=1S/C15H20N6O3/c1-20-13-10(8-18-20)15(24)21(9-17-13)7-5-12(22)19-11-4-2-3-6-16-14(11)23/h8-9,11H,2-7H2,1H3,(H,16,23)(H,19,22)/t11-/m0/s1. The Hall–Kier alpha value is -2.71. The van der Waals surface area contributed by atoms with E-state index in [-0.39, 0.29) is 30.3 Å². The molecule has 1 aliphatic heterocycles. The zero-order valence-corrected chi connectivity index (χ0v) is 13.5. The van der Waals surface area contributed by atoms with E-state index in [1.54, 1.807) is 7.05 Å². The highest BCUT2D eigenvalue weighted by atomic mass is 16.2. The van der Waals surface area contributed by atoms with E-state index in [1.165, 1.54) is 21.8 Å². The predicted molar refractivity (Wildman–Crippen MR) is 86.2 cm³/mol. The van der Waals surface area contributed by atoms with Gasteiger partial charge in [-0.1, -0.05) is 0 Å². The lowest BCUT2D eigenvalue weighted by atomic mass is 10.1. The minimum Gasteiger partial charge on any atom is -0.354 e. The van der Waals surface area contributed by atoms with E-state index in [9.17, 15) is 14.4 Å². The fraction of sp³-hybridized carbons (Fsp3) is 0.533. The van der Waals surface area contributed by atoms with Crippen LogP contribution in [0.1, 0.15) is 25.7 Å². The molecule has 0 bridgehead atoms. The van der Waals surface area contributed by atoms with Crippen LogP contribution in [0.25, 0.3) is 11.0 Å². The molecule has 3 heterocycles. The summed E-state index contributed by atoms with van der Waals surface area (Å²) in [7, 11) is 1.71. The first-order valence-electron chi connectivity index (χ1n) is 8.00. The average molecular weight is 332 g/mol. The maximum absolute atomic E-state index is 12.3. The maximum atomic E-state index is 12.3. The third kappa shape index (κ3) is 3.29. The molecule has 2 aromatic heterocycles. The van der Waals surface area contributed by atoms with Gasteiger partial charge in [0.25, 0.3) is 5.56 Å². The van der Waals surface area contributed by atoms with Crippen molar-refractivity contribution in [3.63, 3.8) is 0 Å². The lowest BCUT2D eigenvalue weighted by Crippen LogP contribution is -2.45. The van der Waals surface area contributed by atoms with Crippen LogP contribution in [-0.2, 0) is 23.2 Å². The number of carbonyl (C=O) groups excluding carboxylic acids is 2. The van der Waals surface area contributed by atoms with E-state index < -0.39 is 6.04 Å². The van der Waals surface area contributed by atoms with E-state index in [4.69, 9.17) is 0 Å². The Labute approximate surface area is 138 Å². The quantitative estimate of drug-likeness (QED) is 0.769. The number of fused-ring (bicyclic) bond motifs is 1. The molecule has 0 aliphatic carbocycles. The van der Waals surface area contributed by atoms with Crippen LogP contribution in [0.4, 0.5) is 0 Å². The van der Waals surface area contributed by atoms with Crippen molar-refractivity contribution in [1.29, 1.82) is 0 Å². The van der Waals surface area contributed by atoms with Crippen molar-refractivity contribution in [2.24, 2.45) is 7.05 Å². The number of carbonyl (C=O) groups is 2. The summed E-state index contributed by atoms with van der Waals surface area (Å²) >= 11 is 0. The maximum Gasteiger partial charge on any atom is 0.264 e. The summed E-state index contributed by atoms with van der Waals surface area (Å²) in [5.41, 5.74) is 0.281. The van der Waals surface area contributed by atoms with Crippen LogP contribution >= 0.6 is 0 Å². The zero-order valence-electron chi connectivity index (χ0n) is 13.5. The van der Waals surface area contributed by atoms with Crippen LogP contribution < -0.4 is 16.2 Å².